The standard InChI is InChI=1S/C10H16.C6H6O.2ClH.Ti/c1-6-7(2)9(4)10(5)8(6)3;7-6-4-2-1-3-5-6;;;/h6H,1-5H3;1-5,7H;2*1H;/q;;;;+3/p-3. The van der Waals surface area contributed by atoms with Gasteiger partial charge in [-0.05, 0) is 44.8 Å². The Morgan fingerprint density at radius 1 is 0.850 bits per heavy atom. The van der Waals surface area contributed by atoms with Crippen molar-refractivity contribution in [3.8, 4) is 5.75 Å². The Balaban J connectivity index is 0. The van der Waals surface area contributed by atoms with Crippen molar-refractivity contribution < 1.29 is 49.0 Å². The van der Waals surface area contributed by atoms with Crippen LogP contribution >= 0.6 is 0 Å². The summed E-state index contributed by atoms with van der Waals surface area (Å²) in [5, 5.41) is 0. The molecule has 1 aromatic carbocycles. The molecule has 0 amide bonds. The molecule has 0 radical (unpaired) electrons. The molecule has 0 spiro atoms. The first-order valence-corrected chi connectivity index (χ1v) is 6.86. The van der Waals surface area contributed by atoms with E-state index in [-0.39, 0.29) is 24.8 Å². The second-order valence-corrected chi connectivity index (χ2v) is 5.07. The van der Waals surface area contributed by atoms with Gasteiger partial charge in [-0.3, -0.25) is 0 Å². The fourth-order valence-electron chi connectivity index (χ4n) is 2.05. The van der Waals surface area contributed by atoms with Crippen LogP contribution in [0.3, 0.4) is 0 Å². The quantitative estimate of drug-likeness (QED) is 0.583. The third kappa shape index (κ3) is 5.65. The Bertz CT molecular complexity index is 443. The second kappa shape index (κ2) is 10.5. The van der Waals surface area contributed by atoms with Gasteiger partial charge in [-0.15, -0.1) is 0 Å². The van der Waals surface area contributed by atoms with E-state index in [2.05, 4.69) is 34.6 Å². The molecule has 0 aromatic heterocycles. The van der Waals surface area contributed by atoms with Crippen molar-refractivity contribution in [1.82, 2.24) is 0 Å². The molecule has 20 heavy (non-hydrogen) atoms. The predicted octanol–water partition coefficient (Wildman–Crippen LogP) is -1.16. The first-order valence-electron chi connectivity index (χ1n) is 6.22. The molecular weight excluding hydrogens is 327 g/mol. The van der Waals surface area contributed by atoms with Crippen LogP contribution in [0.25, 0.3) is 0 Å². The van der Waals surface area contributed by atoms with Crippen LogP contribution in [0.5, 0.6) is 5.75 Å². The Labute approximate surface area is 147 Å². The van der Waals surface area contributed by atoms with Crippen molar-refractivity contribution in [2.75, 3.05) is 0 Å². The van der Waals surface area contributed by atoms with E-state index >= 15 is 0 Å². The van der Waals surface area contributed by atoms with Gasteiger partial charge in [-0.2, -0.15) is 0 Å². The SMILES string of the molecule is CC1=C(C)C(C)C(C)=C1C.[Cl-].[Cl-].[Ti+2][O]c1ccccc1. The molecule has 109 valence electrons. The first kappa shape index (κ1) is 22.1. The van der Waals surface area contributed by atoms with Crippen LogP contribution in [-0.2, 0) is 20.8 Å². The molecule has 2 rings (SSSR count). The van der Waals surface area contributed by atoms with Gasteiger partial charge in [0.25, 0.3) is 0 Å². The molecule has 0 N–H and O–H groups in total. The maximum absolute atomic E-state index is 4.91. The summed E-state index contributed by atoms with van der Waals surface area (Å²) in [6.45, 7) is 11.2. The molecule has 0 unspecified atom stereocenters. The number of rotatable bonds is 1. The minimum absolute atomic E-state index is 0. The summed E-state index contributed by atoms with van der Waals surface area (Å²) >= 11 is 1.66. The van der Waals surface area contributed by atoms with E-state index in [0.717, 1.165) is 5.75 Å². The molecule has 0 heterocycles. The van der Waals surface area contributed by atoms with Crippen LogP contribution in [0.15, 0.2) is 52.6 Å². The van der Waals surface area contributed by atoms with Gasteiger partial charge in [0.15, 0.2) is 0 Å². The molecule has 1 nitrogen and oxygen atoms in total. The second-order valence-electron chi connectivity index (χ2n) is 4.75. The van der Waals surface area contributed by atoms with Crippen molar-refractivity contribution >= 4 is 0 Å². The topological polar surface area (TPSA) is 9.23 Å². The third-order valence-corrected chi connectivity index (χ3v) is 4.27. The number of hydrogen-bond acceptors (Lipinski definition) is 1. The van der Waals surface area contributed by atoms with Crippen molar-refractivity contribution in [1.29, 1.82) is 0 Å². The molecule has 0 saturated carbocycles. The van der Waals surface area contributed by atoms with Gasteiger partial charge in [0.1, 0.15) is 0 Å². The monoisotopic (exact) mass is 347 g/mol. The van der Waals surface area contributed by atoms with Crippen LogP contribution in [0.2, 0.25) is 0 Å². The van der Waals surface area contributed by atoms with Gasteiger partial charge in [0.05, 0.1) is 0 Å². The van der Waals surface area contributed by atoms with E-state index in [9.17, 15) is 0 Å². The van der Waals surface area contributed by atoms with Crippen molar-refractivity contribution in [3.63, 3.8) is 0 Å². The number of allylic oxidation sites excluding steroid dienone is 4. The van der Waals surface area contributed by atoms with Gasteiger partial charge >= 0.3 is 60.2 Å². The third-order valence-electron chi connectivity index (χ3n) is 3.91. The number of para-hydroxylation sites is 1. The molecule has 0 fully saturated rings. The molecule has 0 aliphatic heterocycles. The molecule has 0 saturated heterocycles. The van der Waals surface area contributed by atoms with Gasteiger partial charge in [0, 0.05) is 0 Å². The summed E-state index contributed by atoms with van der Waals surface area (Å²) in [4.78, 5) is 0. The van der Waals surface area contributed by atoms with Crippen LogP contribution in [0, 0.1) is 5.92 Å². The molecule has 1 aliphatic rings. The number of hydrogen-bond donors (Lipinski definition) is 0. The van der Waals surface area contributed by atoms with Gasteiger partial charge < -0.3 is 24.8 Å². The Kier molecular flexibility index (Phi) is 11.6. The van der Waals surface area contributed by atoms with Crippen LogP contribution in [-0.4, -0.2) is 0 Å². The number of benzene rings is 1. The minimum atomic E-state index is 0. The predicted molar refractivity (Wildman–Crippen MR) is 73.0 cm³/mol. The Morgan fingerprint density at radius 3 is 1.45 bits per heavy atom. The summed E-state index contributed by atoms with van der Waals surface area (Å²) in [7, 11) is 0. The van der Waals surface area contributed by atoms with E-state index in [4.69, 9.17) is 3.32 Å². The van der Waals surface area contributed by atoms with Gasteiger partial charge in [-0.25, -0.2) is 0 Å². The van der Waals surface area contributed by atoms with Crippen molar-refractivity contribution in [3.05, 3.63) is 52.6 Å². The van der Waals surface area contributed by atoms with Gasteiger partial charge in [0.2, 0.25) is 0 Å². The Hall–Kier alpha value is -0.206. The molecule has 4 heteroatoms. The van der Waals surface area contributed by atoms with E-state index in [1.165, 1.54) is 11.1 Å². The molecule has 0 atom stereocenters. The summed E-state index contributed by atoms with van der Waals surface area (Å²) in [5.74, 6) is 1.60. The summed E-state index contributed by atoms with van der Waals surface area (Å²) in [6, 6.07) is 9.68. The van der Waals surface area contributed by atoms with E-state index in [0.29, 0.717) is 5.92 Å². The van der Waals surface area contributed by atoms with Crippen molar-refractivity contribution in [2.45, 2.75) is 34.6 Å². The summed E-state index contributed by atoms with van der Waals surface area (Å²) < 4.78 is 4.91. The average Bonchev–Trinajstić information content (AvgIpc) is 2.59. The normalized spacial score (nSPS) is 14.2. The fraction of sp³-hybridized carbons (Fsp3) is 0.375. The fourth-order valence-corrected chi connectivity index (χ4v) is 2.27. The zero-order valence-corrected chi connectivity index (χ0v) is 15.7. The summed E-state index contributed by atoms with van der Waals surface area (Å²) in [6.07, 6.45) is 0. The summed E-state index contributed by atoms with van der Waals surface area (Å²) in [5.41, 5.74) is 6.11. The van der Waals surface area contributed by atoms with Crippen LogP contribution in [0.1, 0.15) is 34.6 Å². The van der Waals surface area contributed by atoms with E-state index < -0.39 is 0 Å². The Morgan fingerprint density at radius 2 is 1.25 bits per heavy atom. The molecule has 1 aromatic rings. The van der Waals surface area contributed by atoms with Crippen LogP contribution < -0.4 is 28.1 Å². The first-order chi connectivity index (χ1) is 8.49. The maximum atomic E-state index is 4.91. The van der Waals surface area contributed by atoms with Crippen LogP contribution in [0.4, 0.5) is 0 Å². The van der Waals surface area contributed by atoms with Crippen molar-refractivity contribution in [2.24, 2.45) is 5.92 Å². The molecular formula is C16H21Cl2OTi. The van der Waals surface area contributed by atoms with E-state index in [1.807, 2.05) is 30.3 Å². The average molecular weight is 348 g/mol. The molecule has 1 aliphatic carbocycles. The zero-order chi connectivity index (χ0) is 13.7. The number of halogens is 2. The zero-order valence-electron chi connectivity index (χ0n) is 12.6. The molecule has 0 bridgehead atoms. The van der Waals surface area contributed by atoms with Gasteiger partial charge in [-0.1, -0.05) is 18.1 Å². The van der Waals surface area contributed by atoms with E-state index in [1.54, 1.807) is 32.0 Å².